The summed E-state index contributed by atoms with van der Waals surface area (Å²) >= 11 is 1.76. The summed E-state index contributed by atoms with van der Waals surface area (Å²) in [6.45, 7) is 3.41. The Morgan fingerprint density at radius 1 is 1.50 bits per heavy atom. The third-order valence-corrected chi connectivity index (χ3v) is 4.27. The fourth-order valence-electron chi connectivity index (χ4n) is 2.29. The molecule has 1 fully saturated rings. The monoisotopic (exact) mass is 263 g/mol. The van der Waals surface area contributed by atoms with Crippen LogP contribution in [0, 0.1) is 0 Å². The molecule has 18 heavy (non-hydrogen) atoms. The number of anilines is 1. The number of nitrogens with zero attached hydrogens (tertiary/aromatic N) is 2. The highest BCUT2D eigenvalue weighted by atomic mass is 32.1. The zero-order valence-electron chi connectivity index (χ0n) is 10.4. The molecular weight excluding hydrogens is 246 g/mol. The van der Waals surface area contributed by atoms with Gasteiger partial charge in [-0.05, 0) is 19.2 Å². The van der Waals surface area contributed by atoms with Crippen LogP contribution >= 0.6 is 11.3 Å². The molecule has 3 rings (SSSR count). The number of fused-ring (bicyclic) bond motifs is 1. The molecule has 1 aromatic carbocycles. The van der Waals surface area contributed by atoms with Crippen LogP contribution in [0.25, 0.3) is 10.2 Å². The van der Waals surface area contributed by atoms with E-state index in [4.69, 9.17) is 9.72 Å². The molecule has 1 atom stereocenters. The van der Waals surface area contributed by atoms with Crippen molar-refractivity contribution in [3.8, 4) is 0 Å². The standard InChI is InChI=1S/C13H17N3OS/c1-14-8-10-9-17-7-6-16(10)13-15-11-4-2-3-5-12(11)18-13/h2-5,10,14H,6-9H2,1H3. The summed E-state index contributed by atoms with van der Waals surface area (Å²) in [4.78, 5) is 7.10. The Bertz CT molecular complexity index is 493. The summed E-state index contributed by atoms with van der Waals surface area (Å²) in [6.07, 6.45) is 0. The fourth-order valence-corrected chi connectivity index (χ4v) is 3.36. The van der Waals surface area contributed by atoms with Gasteiger partial charge < -0.3 is 15.0 Å². The van der Waals surface area contributed by atoms with Crippen molar-refractivity contribution >= 4 is 26.7 Å². The number of morpholine rings is 1. The van der Waals surface area contributed by atoms with Gasteiger partial charge in [-0.1, -0.05) is 23.5 Å². The molecule has 1 saturated heterocycles. The summed E-state index contributed by atoms with van der Waals surface area (Å²) in [5.41, 5.74) is 1.09. The maximum atomic E-state index is 5.56. The Hall–Kier alpha value is -1.17. The molecular formula is C13H17N3OS. The van der Waals surface area contributed by atoms with E-state index < -0.39 is 0 Å². The molecule has 0 saturated carbocycles. The lowest BCUT2D eigenvalue weighted by Gasteiger charge is -2.35. The fraction of sp³-hybridized carbons (Fsp3) is 0.462. The highest BCUT2D eigenvalue weighted by Crippen LogP contribution is 2.30. The molecule has 0 bridgehead atoms. The van der Waals surface area contributed by atoms with Crippen molar-refractivity contribution in [3.63, 3.8) is 0 Å². The number of nitrogens with one attached hydrogen (secondary N) is 1. The molecule has 0 spiro atoms. The van der Waals surface area contributed by atoms with Crippen LogP contribution in [0.15, 0.2) is 24.3 Å². The van der Waals surface area contributed by atoms with E-state index in [0.717, 1.165) is 37.0 Å². The number of benzene rings is 1. The Morgan fingerprint density at radius 2 is 2.39 bits per heavy atom. The summed E-state index contributed by atoms with van der Waals surface area (Å²) in [5, 5.41) is 4.34. The molecule has 1 aromatic heterocycles. The van der Waals surface area contributed by atoms with Crippen molar-refractivity contribution in [2.45, 2.75) is 6.04 Å². The number of thiazole rings is 1. The molecule has 0 radical (unpaired) electrons. The van der Waals surface area contributed by atoms with E-state index in [1.807, 2.05) is 13.1 Å². The van der Waals surface area contributed by atoms with Crippen LogP contribution < -0.4 is 10.2 Å². The number of para-hydroxylation sites is 1. The van der Waals surface area contributed by atoms with E-state index in [2.05, 4.69) is 28.4 Å². The Kier molecular flexibility index (Phi) is 3.45. The summed E-state index contributed by atoms with van der Waals surface area (Å²) < 4.78 is 6.81. The smallest absolute Gasteiger partial charge is 0.186 e. The van der Waals surface area contributed by atoms with E-state index in [0.29, 0.717) is 6.04 Å². The molecule has 2 aromatic rings. The number of rotatable bonds is 3. The van der Waals surface area contributed by atoms with Crippen molar-refractivity contribution in [2.75, 3.05) is 38.3 Å². The maximum absolute atomic E-state index is 5.56. The molecule has 96 valence electrons. The zero-order chi connectivity index (χ0) is 12.4. The minimum atomic E-state index is 0.379. The molecule has 2 heterocycles. The van der Waals surface area contributed by atoms with Gasteiger partial charge in [-0.25, -0.2) is 4.98 Å². The van der Waals surface area contributed by atoms with Gasteiger partial charge in [-0.15, -0.1) is 0 Å². The Morgan fingerprint density at radius 3 is 3.22 bits per heavy atom. The summed E-state index contributed by atoms with van der Waals surface area (Å²) in [7, 11) is 1.98. The average Bonchev–Trinajstić information content (AvgIpc) is 2.83. The van der Waals surface area contributed by atoms with E-state index in [1.54, 1.807) is 11.3 Å². The minimum Gasteiger partial charge on any atom is -0.377 e. The number of likely N-dealkylation sites (N-methyl/N-ethyl adjacent to an activating group) is 1. The first-order chi connectivity index (χ1) is 8.88. The molecule has 1 unspecified atom stereocenters. The van der Waals surface area contributed by atoms with Crippen LogP contribution in [0.4, 0.5) is 5.13 Å². The third kappa shape index (κ3) is 2.21. The third-order valence-electron chi connectivity index (χ3n) is 3.20. The molecule has 0 amide bonds. The van der Waals surface area contributed by atoms with E-state index in [1.165, 1.54) is 4.70 Å². The van der Waals surface area contributed by atoms with E-state index >= 15 is 0 Å². The predicted molar refractivity (Wildman–Crippen MR) is 75.5 cm³/mol. The number of hydrogen-bond donors (Lipinski definition) is 1. The maximum Gasteiger partial charge on any atom is 0.186 e. The van der Waals surface area contributed by atoms with Gasteiger partial charge in [0.2, 0.25) is 0 Å². The quantitative estimate of drug-likeness (QED) is 0.915. The minimum absolute atomic E-state index is 0.379. The molecule has 1 N–H and O–H groups in total. The van der Waals surface area contributed by atoms with Crippen molar-refractivity contribution in [1.82, 2.24) is 10.3 Å². The lowest BCUT2D eigenvalue weighted by atomic mass is 10.2. The molecule has 0 aliphatic carbocycles. The summed E-state index contributed by atoms with van der Waals surface area (Å²) in [5.74, 6) is 0. The topological polar surface area (TPSA) is 37.4 Å². The molecule has 5 heteroatoms. The van der Waals surface area contributed by atoms with Crippen molar-refractivity contribution < 1.29 is 4.74 Å². The second-order valence-corrected chi connectivity index (χ2v) is 5.45. The van der Waals surface area contributed by atoms with Crippen LogP contribution in [0.3, 0.4) is 0 Å². The lowest BCUT2D eigenvalue weighted by molar-refractivity contribution is 0.0943. The van der Waals surface area contributed by atoms with Gasteiger partial charge in [0.05, 0.1) is 29.5 Å². The Balaban J connectivity index is 1.91. The number of aromatic nitrogens is 1. The predicted octanol–water partition coefficient (Wildman–Crippen LogP) is 1.72. The van der Waals surface area contributed by atoms with Gasteiger partial charge in [0.1, 0.15) is 0 Å². The van der Waals surface area contributed by atoms with Gasteiger partial charge in [-0.2, -0.15) is 0 Å². The van der Waals surface area contributed by atoms with Crippen molar-refractivity contribution in [2.24, 2.45) is 0 Å². The van der Waals surface area contributed by atoms with Gasteiger partial charge in [-0.3, -0.25) is 0 Å². The SMILES string of the molecule is CNCC1COCCN1c1nc2ccccc2s1. The number of hydrogen-bond acceptors (Lipinski definition) is 5. The number of ether oxygens (including phenoxy) is 1. The van der Waals surface area contributed by atoms with E-state index in [9.17, 15) is 0 Å². The van der Waals surface area contributed by atoms with Crippen LogP contribution in [-0.2, 0) is 4.74 Å². The Labute approximate surface area is 111 Å². The highest BCUT2D eigenvalue weighted by molar-refractivity contribution is 7.22. The van der Waals surface area contributed by atoms with Crippen LogP contribution in [0.2, 0.25) is 0 Å². The van der Waals surface area contributed by atoms with Gasteiger partial charge in [0, 0.05) is 13.1 Å². The van der Waals surface area contributed by atoms with Crippen LogP contribution in [0.1, 0.15) is 0 Å². The van der Waals surface area contributed by atoms with E-state index in [-0.39, 0.29) is 0 Å². The first-order valence-electron chi connectivity index (χ1n) is 6.23. The van der Waals surface area contributed by atoms with Crippen LogP contribution in [0.5, 0.6) is 0 Å². The second kappa shape index (κ2) is 5.22. The lowest BCUT2D eigenvalue weighted by Crippen LogP contribution is -2.50. The average molecular weight is 263 g/mol. The first kappa shape index (κ1) is 11.9. The molecule has 1 aliphatic rings. The largest absolute Gasteiger partial charge is 0.377 e. The van der Waals surface area contributed by atoms with Crippen molar-refractivity contribution in [1.29, 1.82) is 0 Å². The zero-order valence-corrected chi connectivity index (χ0v) is 11.2. The van der Waals surface area contributed by atoms with Crippen molar-refractivity contribution in [3.05, 3.63) is 24.3 Å². The normalized spacial score (nSPS) is 20.5. The highest BCUT2D eigenvalue weighted by Gasteiger charge is 2.24. The van der Waals surface area contributed by atoms with Gasteiger partial charge in [0.25, 0.3) is 0 Å². The summed E-state index contributed by atoms with van der Waals surface area (Å²) in [6, 6.07) is 8.68. The molecule has 1 aliphatic heterocycles. The molecule has 4 nitrogen and oxygen atoms in total. The van der Waals surface area contributed by atoms with Crippen LogP contribution in [-0.4, -0.2) is 44.4 Å². The first-order valence-corrected chi connectivity index (χ1v) is 7.04. The van der Waals surface area contributed by atoms with Gasteiger partial charge in [0.15, 0.2) is 5.13 Å². The van der Waals surface area contributed by atoms with Gasteiger partial charge >= 0.3 is 0 Å². The second-order valence-electron chi connectivity index (χ2n) is 4.44.